The van der Waals surface area contributed by atoms with Crippen LogP contribution in [0.1, 0.15) is 36.5 Å². The minimum Gasteiger partial charge on any atom is -0.492 e. The SMILES string of the molecule is CC(=O)N1C[C@H]2CC(c3cccc(CCCOc4ccccc4Cl)c3)=C(C(=O)N(C)CCc3ccccc3)[C@@H](C1)N2. The third-order valence-electron chi connectivity index (χ3n) is 7.99. The number of benzene rings is 3. The maximum Gasteiger partial charge on any atom is 0.251 e. The zero-order valence-electron chi connectivity index (χ0n) is 23.8. The van der Waals surface area contributed by atoms with Crippen LogP contribution in [0.2, 0.25) is 5.02 Å². The van der Waals surface area contributed by atoms with Crippen molar-refractivity contribution < 1.29 is 14.3 Å². The van der Waals surface area contributed by atoms with Gasteiger partial charge in [-0.15, -0.1) is 0 Å². The predicted molar refractivity (Wildman–Crippen MR) is 164 cm³/mol. The van der Waals surface area contributed by atoms with Crippen molar-refractivity contribution in [1.82, 2.24) is 15.1 Å². The number of hydrogen-bond donors (Lipinski definition) is 1. The number of fused-ring (bicyclic) bond motifs is 2. The molecule has 1 saturated heterocycles. The summed E-state index contributed by atoms with van der Waals surface area (Å²) in [6.45, 7) is 3.96. The summed E-state index contributed by atoms with van der Waals surface area (Å²) in [5.41, 5.74) is 5.36. The van der Waals surface area contributed by atoms with Crippen LogP contribution >= 0.6 is 11.6 Å². The molecule has 0 unspecified atom stereocenters. The Bertz CT molecular complexity index is 1410. The molecule has 2 aliphatic heterocycles. The lowest BCUT2D eigenvalue weighted by atomic mass is 9.82. The Morgan fingerprint density at radius 3 is 2.51 bits per heavy atom. The van der Waals surface area contributed by atoms with Crippen LogP contribution in [0.25, 0.3) is 5.57 Å². The van der Waals surface area contributed by atoms with Crippen LogP contribution in [0.3, 0.4) is 0 Å². The van der Waals surface area contributed by atoms with Gasteiger partial charge in [0.25, 0.3) is 5.91 Å². The number of carbonyl (C=O) groups is 2. The van der Waals surface area contributed by atoms with E-state index in [1.807, 2.05) is 59.3 Å². The van der Waals surface area contributed by atoms with Gasteiger partial charge < -0.3 is 19.9 Å². The minimum absolute atomic E-state index is 0.0239. The second kappa shape index (κ2) is 13.4. The van der Waals surface area contributed by atoms with E-state index in [1.165, 1.54) is 11.1 Å². The van der Waals surface area contributed by atoms with Crippen molar-refractivity contribution in [3.05, 3.63) is 106 Å². The molecule has 2 atom stereocenters. The standard InChI is InChI=1S/C34H38ClN3O3/c1-24(39)38-22-28-21-29(27-14-8-12-26(20-27)13-9-19-41-32-16-7-6-15-30(32)35)33(31(23-38)36-28)34(40)37(2)18-17-25-10-4-3-5-11-25/h3-8,10-12,14-16,20,28,31,36H,9,13,17-19,21-23H2,1-2H3/t28-,31-/m1/s1. The first kappa shape index (κ1) is 28.9. The summed E-state index contributed by atoms with van der Waals surface area (Å²) in [5.74, 6) is 0.777. The number of piperazine rings is 1. The molecule has 0 spiro atoms. The maximum absolute atomic E-state index is 14.0. The van der Waals surface area contributed by atoms with Gasteiger partial charge in [-0.25, -0.2) is 0 Å². The van der Waals surface area contributed by atoms with Gasteiger partial charge in [0.05, 0.1) is 17.7 Å². The number of para-hydroxylation sites is 1. The van der Waals surface area contributed by atoms with Gasteiger partial charge in [-0.3, -0.25) is 9.59 Å². The second-order valence-corrected chi connectivity index (χ2v) is 11.4. The highest BCUT2D eigenvalue weighted by atomic mass is 35.5. The van der Waals surface area contributed by atoms with Crippen molar-refractivity contribution in [2.75, 3.05) is 33.3 Å². The number of hydrogen-bond acceptors (Lipinski definition) is 4. The molecule has 3 aromatic rings. The van der Waals surface area contributed by atoms with Crippen molar-refractivity contribution >= 4 is 29.0 Å². The Kier molecular flexibility index (Phi) is 9.42. The van der Waals surface area contributed by atoms with Crippen molar-refractivity contribution in [1.29, 1.82) is 0 Å². The van der Waals surface area contributed by atoms with Gasteiger partial charge in [0.15, 0.2) is 0 Å². The van der Waals surface area contributed by atoms with Crippen LogP contribution in [0.15, 0.2) is 84.4 Å². The molecule has 6 nitrogen and oxygen atoms in total. The van der Waals surface area contributed by atoms with E-state index >= 15 is 0 Å². The number of likely N-dealkylation sites (N-methyl/N-ethyl adjacent to an activating group) is 1. The average Bonchev–Trinajstić information content (AvgIpc) is 2.99. The van der Waals surface area contributed by atoms with E-state index in [-0.39, 0.29) is 23.9 Å². The highest BCUT2D eigenvalue weighted by Crippen LogP contribution is 2.34. The highest BCUT2D eigenvalue weighted by molar-refractivity contribution is 6.32. The van der Waals surface area contributed by atoms with Gasteiger partial charge >= 0.3 is 0 Å². The summed E-state index contributed by atoms with van der Waals surface area (Å²) in [5, 5.41) is 4.26. The number of aryl methyl sites for hydroxylation is 1. The van der Waals surface area contributed by atoms with Crippen molar-refractivity contribution in [2.45, 2.75) is 44.7 Å². The molecule has 41 heavy (non-hydrogen) atoms. The van der Waals surface area contributed by atoms with E-state index in [0.717, 1.165) is 36.0 Å². The monoisotopic (exact) mass is 571 g/mol. The first-order chi connectivity index (χ1) is 19.9. The van der Waals surface area contributed by atoms with E-state index in [9.17, 15) is 9.59 Å². The van der Waals surface area contributed by atoms with Crippen molar-refractivity contribution in [3.63, 3.8) is 0 Å². The molecule has 1 N–H and O–H groups in total. The fourth-order valence-corrected chi connectivity index (χ4v) is 6.00. The smallest absolute Gasteiger partial charge is 0.251 e. The first-order valence-electron chi connectivity index (χ1n) is 14.4. The fourth-order valence-electron chi connectivity index (χ4n) is 5.81. The van der Waals surface area contributed by atoms with Crippen LogP contribution in [0.4, 0.5) is 0 Å². The molecule has 2 heterocycles. The normalized spacial score (nSPS) is 18.3. The molecule has 214 valence electrons. The first-order valence-corrected chi connectivity index (χ1v) is 14.8. The van der Waals surface area contributed by atoms with Gasteiger partial charge in [-0.2, -0.15) is 0 Å². The average molecular weight is 572 g/mol. The Balaban J connectivity index is 1.35. The van der Waals surface area contributed by atoms with Gasteiger partial charge in [-0.1, -0.05) is 78.3 Å². The van der Waals surface area contributed by atoms with Crippen LogP contribution in [0, 0.1) is 0 Å². The van der Waals surface area contributed by atoms with Gasteiger partial charge in [0.1, 0.15) is 5.75 Å². The fraction of sp³-hybridized carbons (Fsp3) is 0.353. The van der Waals surface area contributed by atoms with E-state index in [4.69, 9.17) is 16.3 Å². The zero-order chi connectivity index (χ0) is 28.8. The lowest BCUT2D eigenvalue weighted by Crippen LogP contribution is -2.61. The summed E-state index contributed by atoms with van der Waals surface area (Å²) in [7, 11) is 1.88. The topological polar surface area (TPSA) is 61.9 Å². The summed E-state index contributed by atoms with van der Waals surface area (Å²) in [4.78, 5) is 30.0. The Morgan fingerprint density at radius 2 is 1.73 bits per heavy atom. The summed E-state index contributed by atoms with van der Waals surface area (Å²) < 4.78 is 5.88. The van der Waals surface area contributed by atoms with Crippen LogP contribution in [-0.2, 0) is 22.4 Å². The molecule has 0 aliphatic carbocycles. The number of halogens is 1. The van der Waals surface area contributed by atoms with Gasteiger partial charge in [0.2, 0.25) is 5.91 Å². The minimum atomic E-state index is -0.194. The number of amides is 2. The number of ether oxygens (including phenoxy) is 1. The molecule has 1 fully saturated rings. The number of nitrogens with one attached hydrogen (secondary N) is 1. The van der Waals surface area contributed by atoms with E-state index in [1.54, 1.807) is 6.92 Å². The van der Waals surface area contributed by atoms with Crippen molar-refractivity contribution in [2.24, 2.45) is 0 Å². The molecule has 5 rings (SSSR count). The molecule has 2 bridgehead atoms. The molecule has 0 aromatic heterocycles. The lowest BCUT2D eigenvalue weighted by Gasteiger charge is -2.44. The third kappa shape index (κ3) is 7.19. The molecular formula is C34H38ClN3O3. The molecule has 2 aliphatic rings. The Labute approximate surface area is 247 Å². The van der Waals surface area contributed by atoms with E-state index in [0.29, 0.717) is 43.4 Å². The van der Waals surface area contributed by atoms with Crippen LogP contribution < -0.4 is 10.1 Å². The quantitative estimate of drug-likeness (QED) is 0.331. The largest absolute Gasteiger partial charge is 0.492 e. The molecule has 0 radical (unpaired) electrons. The Morgan fingerprint density at radius 1 is 0.976 bits per heavy atom. The number of nitrogens with zero attached hydrogens (tertiary/aromatic N) is 2. The second-order valence-electron chi connectivity index (χ2n) is 11.0. The molecule has 0 saturated carbocycles. The molecule has 7 heteroatoms. The zero-order valence-corrected chi connectivity index (χ0v) is 24.6. The molecule has 3 aromatic carbocycles. The Hall–Kier alpha value is -3.61. The van der Waals surface area contributed by atoms with Gasteiger partial charge in [0, 0.05) is 45.2 Å². The maximum atomic E-state index is 14.0. The van der Waals surface area contributed by atoms with Crippen molar-refractivity contribution in [3.8, 4) is 5.75 Å². The van der Waals surface area contributed by atoms with Crippen LogP contribution in [-0.4, -0.2) is 67.0 Å². The summed E-state index contributed by atoms with van der Waals surface area (Å²) in [6, 6.07) is 26.2. The predicted octanol–water partition coefficient (Wildman–Crippen LogP) is 5.40. The summed E-state index contributed by atoms with van der Waals surface area (Å²) >= 11 is 6.22. The van der Waals surface area contributed by atoms with Crippen LogP contribution in [0.5, 0.6) is 5.75 Å². The highest BCUT2D eigenvalue weighted by Gasteiger charge is 2.39. The molecule has 2 amide bonds. The molecular weight excluding hydrogens is 534 g/mol. The number of carbonyl (C=O) groups excluding carboxylic acids is 2. The summed E-state index contributed by atoms with van der Waals surface area (Å²) in [6.07, 6.45) is 3.20. The number of rotatable bonds is 10. The third-order valence-corrected chi connectivity index (χ3v) is 8.30. The van der Waals surface area contributed by atoms with Gasteiger partial charge in [-0.05, 0) is 60.1 Å². The lowest BCUT2D eigenvalue weighted by molar-refractivity contribution is -0.132. The van der Waals surface area contributed by atoms with E-state index in [2.05, 4.69) is 41.7 Å². The van der Waals surface area contributed by atoms with E-state index < -0.39 is 0 Å².